The highest BCUT2D eigenvalue weighted by Gasteiger charge is 2.35. The van der Waals surface area contributed by atoms with E-state index in [1.165, 1.54) is 19.6 Å². The lowest BCUT2D eigenvalue weighted by Gasteiger charge is -2.35. The van der Waals surface area contributed by atoms with E-state index < -0.39 is 11.4 Å². The van der Waals surface area contributed by atoms with E-state index in [-0.39, 0.29) is 5.75 Å². The van der Waals surface area contributed by atoms with Crippen LogP contribution in [0.3, 0.4) is 0 Å². The first-order chi connectivity index (χ1) is 8.08. The van der Waals surface area contributed by atoms with Gasteiger partial charge in [0.05, 0.1) is 7.11 Å². The fourth-order valence-electron chi connectivity index (χ4n) is 2.63. The van der Waals surface area contributed by atoms with Crippen molar-refractivity contribution in [1.82, 2.24) is 0 Å². The van der Waals surface area contributed by atoms with E-state index in [1.807, 2.05) is 0 Å². The second-order valence-electron chi connectivity index (χ2n) is 4.65. The normalized spacial score (nSPS) is 19.1. The Kier molecular flexibility index (Phi) is 3.59. The standard InChI is InChI=1S/C13H17ClFNO/c1-17-12-10(15)6-5-9(14)11(12)13(16)7-3-2-4-8-13/h5-6H,2-4,7-8,16H2,1H3. The lowest BCUT2D eigenvalue weighted by molar-refractivity contribution is 0.284. The van der Waals surface area contributed by atoms with Gasteiger partial charge in [-0.05, 0) is 25.0 Å². The minimum atomic E-state index is -0.553. The molecule has 0 aliphatic heterocycles. The Morgan fingerprint density at radius 3 is 2.53 bits per heavy atom. The van der Waals surface area contributed by atoms with Gasteiger partial charge >= 0.3 is 0 Å². The number of ether oxygens (including phenoxy) is 1. The average Bonchev–Trinajstić information content (AvgIpc) is 2.32. The van der Waals surface area contributed by atoms with Gasteiger partial charge in [0.15, 0.2) is 11.6 Å². The van der Waals surface area contributed by atoms with Gasteiger partial charge in [0, 0.05) is 16.1 Å². The van der Waals surface area contributed by atoms with Crippen LogP contribution in [0.15, 0.2) is 12.1 Å². The quantitative estimate of drug-likeness (QED) is 0.879. The molecule has 0 spiro atoms. The molecule has 1 aliphatic carbocycles. The molecule has 2 nitrogen and oxygen atoms in total. The first kappa shape index (κ1) is 12.7. The molecule has 17 heavy (non-hydrogen) atoms. The molecule has 0 heterocycles. The van der Waals surface area contributed by atoms with Gasteiger partial charge in [-0.2, -0.15) is 0 Å². The lowest BCUT2D eigenvalue weighted by atomic mass is 9.77. The molecule has 0 radical (unpaired) electrons. The molecule has 2 N–H and O–H groups in total. The molecule has 1 fully saturated rings. The number of hydrogen-bond donors (Lipinski definition) is 1. The van der Waals surface area contributed by atoms with Crippen molar-refractivity contribution in [2.45, 2.75) is 37.6 Å². The largest absolute Gasteiger partial charge is 0.493 e. The van der Waals surface area contributed by atoms with Crippen LogP contribution in [0.1, 0.15) is 37.7 Å². The number of halogens is 2. The van der Waals surface area contributed by atoms with Crippen molar-refractivity contribution in [3.05, 3.63) is 28.5 Å². The van der Waals surface area contributed by atoms with Crippen molar-refractivity contribution in [1.29, 1.82) is 0 Å². The first-order valence-corrected chi connectivity index (χ1v) is 6.27. The Morgan fingerprint density at radius 1 is 1.29 bits per heavy atom. The van der Waals surface area contributed by atoms with E-state index in [0.717, 1.165) is 25.7 Å². The fourth-order valence-corrected chi connectivity index (χ4v) is 2.97. The van der Waals surface area contributed by atoms with Gasteiger partial charge in [-0.3, -0.25) is 0 Å². The lowest BCUT2D eigenvalue weighted by Crippen LogP contribution is -2.39. The SMILES string of the molecule is COc1c(F)ccc(Cl)c1C1(N)CCCCC1. The molecule has 0 aromatic heterocycles. The number of methoxy groups -OCH3 is 1. The third-order valence-corrected chi connectivity index (χ3v) is 3.82. The minimum Gasteiger partial charge on any atom is -0.493 e. The maximum absolute atomic E-state index is 13.7. The predicted molar refractivity (Wildman–Crippen MR) is 66.9 cm³/mol. The third kappa shape index (κ3) is 2.26. The highest BCUT2D eigenvalue weighted by Crippen LogP contribution is 2.43. The van der Waals surface area contributed by atoms with Crippen molar-refractivity contribution in [3.8, 4) is 5.75 Å². The zero-order chi connectivity index (χ0) is 12.5. The third-order valence-electron chi connectivity index (χ3n) is 3.51. The summed E-state index contributed by atoms with van der Waals surface area (Å²) < 4.78 is 18.9. The smallest absolute Gasteiger partial charge is 0.165 e. The molecule has 4 heteroatoms. The Morgan fingerprint density at radius 2 is 1.94 bits per heavy atom. The van der Waals surface area contributed by atoms with Crippen LogP contribution in [-0.4, -0.2) is 7.11 Å². The van der Waals surface area contributed by atoms with Gasteiger partial charge in [-0.15, -0.1) is 0 Å². The molecule has 1 aromatic rings. The summed E-state index contributed by atoms with van der Waals surface area (Å²) in [5, 5.41) is 0.493. The van der Waals surface area contributed by atoms with E-state index in [4.69, 9.17) is 22.1 Å². The van der Waals surface area contributed by atoms with Gasteiger partial charge in [-0.1, -0.05) is 30.9 Å². The predicted octanol–water partition coefficient (Wildman–Crippen LogP) is 3.61. The van der Waals surface area contributed by atoms with E-state index in [2.05, 4.69) is 0 Å². The summed E-state index contributed by atoms with van der Waals surface area (Å²) in [6.45, 7) is 0. The zero-order valence-electron chi connectivity index (χ0n) is 9.93. The summed E-state index contributed by atoms with van der Waals surface area (Å²) in [6, 6.07) is 2.87. The van der Waals surface area contributed by atoms with Crippen LogP contribution >= 0.6 is 11.6 Å². The molecule has 1 aliphatic rings. The number of nitrogens with two attached hydrogens (primary N) is 1. The molecular weight excluding hydrogens is 241 g/mol. The molecule has 0 unspecified atom stereocenters. The highest BCUT2D eigenvalue weighted by atomic mass is 35.5. The number of rotatable bonds is 2. The van der Waals surface area contributed by atoms with E-state index in [1.54, 1.807) is 6.07 Å². The molecule has 0 saturated heterocycles. The number of hydrogen-bond acceptors (Lipinski definition) is 2. The maximum Gasteiger partial charge on any atom is 0.165 e. The summed E-state index contributed by atoms with van der Waals surface area (Å²) >= 11 is 6.18. The zero-order valence-corrected chi connectivity index (χ0v) is 10.7. The Bertz CT molecular complexity index is 416. The van der Waals surface area contributed by atoms with Crippen molar-refractivity contribution >= 4 is 11.6 Å². The van der Waals surface area contributed by atoms with Crippen molar-refractivity contribution < 1.29 is 9.13 Å². The van der Waals surface area contributed by atoms with Crippen molar-refractivity contribution in [2.75, 3.05) is 7.11 Å². The minimum absolute atomic E-state index is 0.196. The van der Waals surface area contributed by atoms with Crippen LogP contribution in [0.4, 0.5) is 4.39 Å². The monoisotopic (exact) mass is 257 g/mol. The van der Waals surface area contributed by atoms with Gasteiger partial charge in [0.1, 0.15) is 0 Å². The van der Waals surface area contributed by atoms with E-state index in [9.17, 15) is 4.39 Å². The molecular formula is C13H17ClFNO. The maximum atomic E-state index is 13.7. The van der Waals surface area contributed by atoms with Crippen LogP contribution in [0, 0.1) is 5.82 Å². The van der Waals surface area contributed by atoms with Gasteiger partial charge in [-0.25, -0.2) is 4.39 Å². The molecule has 0 amide bonds. The topological polar surface area (TPSA) is 35.2 Å². The van der Waals surface area contributed by atoms with Crippen molar-refractivity contribution in [3.63, 3.8) is 0 Å². The molecule has 1 saturated carbocycles. The second kappa shape index (κ2) is 4.83. The summed E-state index contributed by atoms with van der Waals surface area (Å²) in [4.78, 5) is 0. The number of benzene rings is 1. The van der Waals surface area contributed by atoms with Crippen LogP contribution in [0.25, 0.3) is 0 Å². The van der Waals surface area contributed by atoms with Crippen LogP contribution < -0.4 is 10.5 Å². The van der Waals surface area contributed by atoms with Crippen molar-refractivity contribution in [2.24, 2.45) is 5.73 Å². The molecule has 1 aromatic carbocycles. The summed E-state index contributed by atoms with van der Waals surface area (Å²) in [6.07, 6.45) is 4.92. The van der Waals surface area contributed by atoms with E-state index in [0.29, 0.717) is 10.6 Å². The Balaban J connectivity index is 2.52. The first-order valence-electron chi connectivity index (χ1n) is 5.90. The van der Waals surface area contributed by atoms with Gasteiger partial charge in [0.25, 0.3) is 0 Å². The molecule has 2 rings (SSSR count). The van der Waals surface area contributed by atoms with Gasteiger partial charge < -0.3 is 10.5 Å². The summed E-state index contributed by atoms with van der Waals surface area (Å²) in [7, 11) is 1.45. The fraction of sp³-hybridized carbons (Fsp3) is 0.538. The molecule has 0 bridgehead atoms. The van der Waals surface area contributed by atoms with Crippen LogP contribution in [-0.2, 0) is 5.54 Å². The summed E-state index contributed by atoms with van der Waals surface area (Å²) in [5.41, 5.74) is 6.47. The Hall–Kier alpha value is -0.800. The second-order valence-corrected chi connectivity index (χ2v) is 5.06. The molecule has 0 atom stereocenters. The molecule has 94 valence electrons. The van der Waals surface area contributed by atoms with Gasteiger partial charge in [0.2, 0.25) is 0 Å². The van der Waals surface area contributed by atoms with Crippen LogP contribution in [0.2, 0.25) is 5.02 Å². The summed E-state index contributed by atoms with van der Waals surface area (Å²) in [5.74, 6) is -0.204. The van der Waals surface area contributed by atoms with Crippen LogP contribution in [0.5, 0.6) is 5.75 Å². The Labute approximate surface area is 106 Å². The average molecular weight is 258 g/mol. The highest BCUT2D eigenvalue weighted by molar-refractivity contribution is 6.31. The van der Waals surface area contributed by atoms with E-state index >= 15 is 0 Å².